The van der Waals surface area contributed by atoms with E-state index in [-0.39, 0.29) is 10.8 Å². The van der Waals surface area contributed by atoms with Crippen LogP contribution in [0.1, 0.15) is 67.9 Å². The normalized spacial score (nSPS) is 15.0. The molecule has 1 heteroatoms. The Morgan fingerprint density at radius 3 is 2.00 bits per heavy atom. The number of nitrogens with zero attached hydrogens (tertiary/aromatic N) is 1. The Hall–Kier alpha value is -1.63. The van der Waals surface area contributed by atoms with E-state index in [4.69, 9.17) is 4.11 Å². The predicted molar refractivity (Wildman–Crippen MR) is 99.9 cm³/mol. The molecule has 0 spiro atoms. The van der Waals surface area contributed by atoms with Crippen LogP contribution in [-0.4, -0.2) is 0 Å². The summed E-state index contributed by atoms with van der Waals surface area (Å²) in [5.41, 5.74) is 6.31. The first-order chi connectivity index (χ1) is 11.6. The lowest BCUT2D eigenvalue weighted by atomic mass is 9.75. The van der Waals surface area contributed by atoms with E-state index < -0.39 is 6.85 Å². The highest BCUT2D eigenvalue weighted by Crippen LogP contribution is 2.35. The second-order valence-corrected chi connectivity index (χ2v) is 8.63. The smallest absolute Gasteiger partial charge is 0.201 e. The van der Waals surface area contributed by atoms with E-state index in [1.54, 1.807) is 12.1 Å². The van der Waals surface area contributed by atoms with Gasteiger partial charge in [0.2, 0.25) is 5.69 Å². The summed E-state index contributed by atoms with van der Waals surface area (Å²) in [5.74, 6) is 0. The van der Waals surface area contributed by atoms with E-state index in [0.717, 1.165) is 16.8 Å². The predicted octanol–water partition coefficient (Wildman–Crippen LogP) is 5.39. The summed E-state index contributed by atoms with van der Waals surface area (Å²) in [5, 5.41) is 0. The molecule has 0 saturated carbocycles. The first-order valence-electron chi connectivity index (χ1n) is 9.78. The van der Waals surface area contributed by atoms with E-state index in [9.17, 15) is 0 Å². The summed E-state index contributed by atoms with van der Waals surface area (Å²) in [6, 6.07) is 7.73. The molecule has 1 heterocycles. The van der Waals surface area contributed by atoms with Crippen molar-refractivity contribution in [2.24, 2.45) is 7.05 Å². The van der Waals surface area contributed by atoms with Crippen molar-refractivity contribution in [3.63, 3.8) is 0 Å². The van der Waals surface area contributed by atoms with Gasteiger partial charge >= 0.3 is 0 Å². The van der Waals surface area contributed by atoms with Crippen LogP contribution in [-0.2, 0) is 17.9 Å². The molecular formula is C22H32N+. The van der Waals surface area contributed by atoms with Gasteiger partial charge in [0.05, 0.1) is 0 Å². The minimum atomic E-state index is -2.07. The minimum Gasteiger partial charge on any atom is -0.201 e. The van der Waals surface area contributed by atoms with Gasteiger partial charge in [0, 0.05) is 21.3 Å². The van der Waals surface area contributed by atoms with Gasteiger partial charge in [-0.05, 0) is 41.8 Å². The highest BCUT2D eigenvalue weighted by atomic mass is 14.9. The number of aryl methyl sites for hydroxylation is 3. The molecule has 0 amide bonds. The Bertz CT molecular complexity index is 819. The lowest BCUT2D eigenvalue weighted by Gasteiger charge is -2.29. The largest absolute Gasteiger partial charge is 0.212 e. The summed E-state index contributed by atoms with van der Waals surface area (Å²) < 4.78 is 25.0. The Kier molecular flexibility index (Phi) is 3.46. The number of hydrogen-bond donors (Lipinski definition) is 0. The van der Waals surface area contributed by atoms with Crippen molar-refractivity contribution in [3.8, 4) is 11.3 Å². The molecule has 0 aliphatic heterocycles. The van der Waals surface area contributed by atoms with Crippen LogP contribution in [0.15, 0.2) is 30.5 Å². The van der Waals surface area contributed by atoms with Gasteiger partial charge in [-0.1, -0.05) is 59.2 Å². The maximum Gasteiger partial charge on any atom is 0.212 e. The fraction of sp³-hybridized carbons (Fsp3) is 0.500. The number of aromatic nitrogens is 1. The van der Waals surface area contributed by atoms with Gasteiger partial charge in [0.15, 0.2) is 6.20 Å². The van der Waals surface area contributed by atoms with E-state index in [2.05, 4.69) is 65.4 Å². The fourth-order valence-corrected chi connectivity index (χ4v) is 3.09. The van der Waals surface area contributed by atoms with Crippen molar-refractivity contribution >= 4 is 0 Å². The van der Waals surface area contributed by atoms with Crippen molar-refractivity contribution < 1.29 is 8.68 Å². The summed E-state index contributed by atoms with van der Waals surface area (Å²) in [6.07, 6.45) is 2.23. The SMILES string of the molecule is [2H]C([2H])([2H])c1ccc(-c2cc(C(C)(C)C)c(C(C)(C)C)c[n+]2C)c(C)c1. The lowest BCUT2D eigenvalue weighted by Crippen LogP contribution is -2.36. The lowest BCUT2D eigenvalue weighted by molar-refractivity contribution is -0.661. The number of rotatable bonds is 1. The van der Waals surface area contributed by atoms with Crippen LogP contribution in [0.25, 0.3) is 11.3 Å². The third-order valence-corrected chi connectivity index (χ3v) is 4.39. The first kappa shape index (κ1) is 13.8. The van der Waals surface area contributed by atoms with Crippen LogP contribution in [0.4, 0.5) is 0 Å². The first-order valence-corrected chi connectivity index (χ1v) is 8.28. The molecular weight excluding hydrogens is 278 g/mol. The van der Waals surface area contributed by atoms with Gasteiger partial charge in [0.1, 0.15) is 7.05 Å². The van der Waals surface area contributed by atoms with Gasteiger partial charge in [0.25, 0.3) is 0 Å². The van der Waals surface area contributed by atoms with E-state index in [1.165, 1.54) is 11.1 Å². The van der Waals surface area contributed by atoms with Crippen LogP contribution in [0.5, 0.6) is 0 Å². The Balaban J connectivity index is 2.72. The molecule has 0 radical (unpaired) electrons. The van der Waals surface area contributed by atoms with Gasteiger partial charge in [-0.15, -0.1) is 0 Å². The minimum absolute atomic E-state index is 0.0260. The third-order valence-electron chi connectivity index (χ3n) is 4.39. The molecule has 0 aliphatic carbocycles. The molecule has 0 N–H and O–H groups in total. The molecule has 23 heavy (non-hydrogen) atoms. The maximum atomic E-state index is 7.63. The molecule has 0 bridgehead atoms. The molecule has 0 saturated heterocycles. The van der Waals surface area contributed by atoms with Gasteiger partial charge in [-0.2, -0.15) is 0 Å². The fourth-order valence-electron chi connectivity index (χ4n) is 3.09. The standard InChI is InChI=1S/C22H32N/c1-15-10-11-17(16(2)12-15)20-13-18(21(3,4)5)19(14-23(20)9)22(6,7)8/h10-14H,1-9H3/q+1/i1D3. The topological polar surface area (TPSA) is 3.88 Å². The van der Waals surface area contributed by atoms with Gasteiger partial charge in [-0.25, -0.2) is 4.57 Å². The van der Waals surface area contributed by atoms with E-state index >= 15 is 0 Å². The maximum absolute atomic E-state index is 7.63. The number of hydrogen-bond acceptors (Lipinski definition) is 0. The molecule has 1 nitrogen and oxygen atoms in total. The van der Waals surface area contributed by atoms with Crippen LogP contribution < -0.4 is 4.57 Å². The van der Waals surface area contributed by atoms with Gasteiger partial charge < -0.3 is 0 Å². The molecule has 2 rings (SSSR count). The second-order valence-electron chi connectivity index (χ2n) is 8.63. The van der Waals surface area contributed by atoms with Crippen LogP contribution in [0.3, 0.4) is 0 Å². The Labute approximate surface area is 146 Å². The molecule has 124 valence electrons. The monoisotopic (exact) mass is 313 g/mol. The van der Waals surface area contributed by atoms with Crippen molar-refractivity contribution in [2.45, 2.75) is 66.1 Å². The zero-order valence-electron chi connectivity index (χ0n) is 18.8. The number of benzene rings is 1. The van der Waals surface area contributed by atoms with Crippen molar-refractivity contribution in [3.05, 3.63) is 52.7 Å². The molecule has 0 aliphatic rings. The van der Waals surface area contributed by atoms with Crippen molar-refractivity contribution in [2.75, 3.05) is 0 Å². The summed E-state index contributed by atoms with van der Waals surface area (Å²) in [7, 11) is 2.06. The Morgan fingerprint density at radius 1 is 0.913 bits per heavy atom. The second kappa shape index (κ2) is 5.78. The van der Waals surface area contributed by atoms with Crippen LogP contribution in [0, 0.1) is 13.8 Å². The molecule has 0 unspecified atom stereocenters. The van der Waals surface area contributed by atoms with Gasteiger partial charge in [-0.3, -0.25) is 0 Å². The van der Waals surface area contributed by atoms with Crippen LogP contribution >= 0.6 is 0 Å². The zero-order valence-corrected chi connectivity index (χ0v) is 15.8. The van der Waals surface area contributed by atoms with Crippen molar-refractivity contribution in [1.82, 2.24) is 0 Å². The summed E-state index contributed by atoms with van der Waals surface area (Å²) in [4.78, 5) is 0. The zero-order chi connectivity index (χ0) is 20.1. The quantitative estimate of drug-likeness (QED) is 0.621. The number of pyridine rings is 1. The molecule has 0 fully saturated rings. The van der Waals surface area contributed by atoms with E-state index in [0.29, 0.717) is 5.56 Å². The van der Waals surface area contributed by atoms with E-state index in [1.807, 2.05) is 13.0 Å². The molecule has 0 atom stereocenters. The molecule has 1 aromatic carbocycles. The Morgan fingerprint density at radius 2 is 1.52 bits per heavy atom. The average molecular weight is 314 g/mol. The summed E-state index contributed by atoms with van der Waals surface area (Å²) in [6.45, 7) is 13.4. The van der Waals surface area contributed by atoms with Crippen LogP contribution in [0.2, 0.25) is 0 Å². The average Bonchev–Trinajstić information content (AvgIpc) is 2.44. The third kappa shape index (κ3) is 3.65. The highest BCUT2D eigenvalue weighted by molar-refractivity contribution is 5.63. The highest BCUT2D eigenvalue weighted by Gasteiger charge is 2.30. The molecule has 2 aromatic rings. The molecule has 1 aromatic heterocycles. The van der Waals surface area contributed by atoms with Crippen molar-refractivity contribution in [1.29, 1.82) is 0 Å². The summed E-state index contributed by atoms with van der Waals surface area (Å²) >= 11 is 0.